The van der Waals surface area contributed by atoms with Gasteiger partial charge in [0.2, 0.25) is 0 Å². The van der Waals surface area contributed by atoms with E-state index in [9.17, 15) is 9.90 Å². The molecule has 116 valence electrons. The number of methoxy groups -OCH3 is 1. The summed E-state index contributed by atoms with van der Waals surface area (Å²) in [6.07, 6.45) is 2.37. The summed E-state index contributed by atoms with van der Waals surface area (Å²) < 4.78 is 5.35. The zero-order valence-corrected chi connectivity index (χ0v) is 12.7. The van der Waals surface area contributed by atoms with Crippen molar-refractivity contribution in [1.82, 2.24) is 10.3 Å². The van der Waals surface area contributed by atoms with Crippen molar-refractivity contribution in [2.75, 3.05) is 13.7 Å². The summed E-state index contributed by atoms with van der Waals surface area (Å²) in [7, 11) is 1.58. The van der Waals surface area contributed by atoms with Crippen LogP contribution < -0.4 is 10.1 Å². The number of aliphatic hydroxyl groups is 1. The average Bonchev–Trinajstić information content (AvgIpc) is 2.59. The van der Waals surface area contributed by atoms with E-state index in [1.54, 1.807) is 31.5 Å². The van der Waals surface area contributed by atoms with Gasteiger partial charge in [-0.2, -0.15) is 0 Å². The summed E-state index contributed by atoms with van der Waals surface area (Å²) in [5.74, 6) is 0.435. The number of rotatable bonds is 6. The smallest absolute Gasteiger partial charge is 0.251 e. The Balaban J connectivity index is 2.33. The lowest BCUT2D eigenvalue weighted by atomic mass is 10.0. The topological polar surface area (TPSA) is 71.5 Å². The van der Waals surface area contributed by atoms with E-state index in [0.717, 1.165) is 11.3 Å². The first-order chi connectivity index (χ1) is 10.7. The van der Waals surface area contributed by atoms with Crippen LogP contribution in [0.3, 0.4) is 0 Å². The van der Waals surface area contributed by atoms with Crippen LogP contribution in [0, 0.1) is 0 Å². The summed E-state index contributed by atoms with van der Waals surface area (Å²) in [6, 6.07) is 10.5. The highest BCUT2D eigenvalue weighted by Crippen LogP contribution is 2.29. The molecule has 0 spiro atoms. The van der Waals surface area contributed by atoms with Crippen molar-refractivity contribution >= 4 is 5.91 Å². The standard InChI is InChI=1S/C17H20N2O3/c1-3-13(11-20)19-17(21)12-7-8-16(22-2)14(10-12)15-6-4-5-9-18-15/h4-10,13,20H,3,11H2,1-2H3,(H,19,21). The molecule has 0 saturated heterocycles. The van der Waals surface area contributed by atoms with Crippen LogP contribution >= 0.6 is 0 Å². The molecule has 0 aliphatic rings. The molecule has 1 aromatic carbocycles. The molecule has 0 radical (unpaired) electrons. The van der Waals surface area contributed by atoms with Crippen molar-refractivity contribution in [2.24, 2.45) is 0 Å². The molecule has 2 rings (SSSR count). The van der Waals surface area contributed by atoms with Gasteiger partial charge in [-0.25, -0.2) is 0 Å². The van der Waals surface area contributed by atoms with Crippen LogP contribution in [0.5, 0.6) is 5.75 Å². The molecule has 2 N–H and O–H groups in total. The number of hydrogen-bond donors (Lipinski definition) is 2. The first-order valence-electron chi connectivity index (χ1n) is 7.20. The Morgan fingerprint density at radius 1 is 1.36 bits per heavy atom. The van der Waals surface area contributed by atoms with E-state index in [4.69, 9.17) is 4.74 Å². The SMILES string of the molecule is CCC(CO)NC(=O)c1ccc(OC)c(-c2ccccn2)c1. The van der Waals surface area contributed by atoms with Gasteiger partial charge in [0.05, 0.1) is 25.5 Å². The lowest BCUT2D eigenvalue weighted by Crippen LogP contribution is -2.36. The molecule has 1 atom stereocenters. The van der Waals surface area contributed by atoms with E-state index >= 15 is 0 Å². The van der Waals surface area contributed by atoms with Crippen molar-refractivity contribution in [3.63, 3.8) is 0 Å². The van der Waals surface area contributed by atoms with Crippen molar-refractivity contribution in [2.45, 2.75) is 19.4 Å². The van der Waals surface area contributed by atoms with Gasteiger partial charge in [0.25, 0.3) is 5.91 Å². The van der Waals surface area contributed by atoms with Gasteiger partial charge in [0, 0.05) is 17.3 Å². The van der Waals surface area contributed by atoms with Crippen molar-refractivity contribution < 1.29 is 14.6 Å². The Labute approximate surface area is 130 Å². The van der Waals surface area contributed by atoms with Gasteiger partial charge in [-0.1, -0.05) is 13.0 Å². The van der Waals surface area contributed by atoms with Crippen molar-refractivity contribution in [3.8, 4) is 17.0 Å². The fourth-order valence-electron chi connectivity index (χ4n) is 2.12. The highest BCUT2D eigenvalue weighted by atomic mass is 16.5. The third-order valence-corrected chi connectivity index (χ3v) is 3.45. The van der Waals surface area contributed by atoms with Crippen LogP contribution in [0.1, 0.15) is 23.7 Å². The summed E-state index contributed by atoms with van der Waals surface area (Å²) in [6.45, 7) is 1.83. The van der Waals surface area contributed by atoms with Crippen LogP contribution in [0.15, 0.2) is 42.6 Å². The Hall–Kier alpha value is -2.40. The maximum absolute atomic E-state index is 12.3. The third-order valence-electron chi connectivity index (χ3n) is 3.45. The summed E-state index contributed by atoms with van der Waals surface area (Å²) in [5.41, 5.74) is 2.00. The molecule has 0 aliphatic heterocycles. The lowest BCUT2D eigenvalue weighted by Gasteiger charge is -2.15. The number of aromatic nitrogens is 1. The fourth-order valence-corrected chi connectivity index (χ4v) is 2.12. The number of aliphatic hydroxyl groups excluding tert-OH is 1. The molecule has 22 heavy (non-hydrogen) atoms. The zero-order valence-electron chi connectivity index (χ0n) is 12.7. The fraction of sp³-hybridized carbons (Fsp3) is 0.294. The van der Waals surface area contributed by atoms with E-state index in [1.807, 2.05) is 25.1 Å². The summed E-state index contributed by atoms with van der Waals surface area (Å²) >= 11 is 0. The average molecular weight is 300 g/mol. The first-order valence-corrected chi connectivity index (χ1v) is 7.20. The minimum atomic E-state index is -0.243. The number of pyridine rings is 1. The highest BCUT2D eigenvalue weighted by Gasteiger charge is 2.15. The number of ether oxygens (including phenoxy) is 1. The van der Waals surface area contributed by atoms with Gasteiger partial charge in [-0.15, -0.1) is 0 Å². The largest absolute Gasteiger partial charge is 0.496 e. The minimum absolute atomic E-state index is 0.0779. The molecule has 1 aromatic heterocycles. The van der Waals surface area contributed by atoms with Crippen molar-refractivity contribution in [3.05, 3.63) is 48.2 Å². The van der Waals surface area contributed by atoms with Crippen LogP contribution in [0.25, 0.3) is 11.3 Å². The number of benzene rings is 1. The summed E-state index contributed by atoms with van der Waals surface area (Å²) in [5, 5.41) is 12.0. The molecule has 5 heteroatoms. The molecule has 0 aliphatic carbocycles. The second kappa shape index (κ2) is 7.56. The lowest BCUT2D eigenvalue weighted by molar-refractivity contribution is 0.0915. The van der Waals surface area contributed by atoms with E-state index in [2.05, 4.69) is 10.3 Å². The second-order valence-corrected chi connectivity index (χ2v) is 4.89. The maximum Gasteiger partial charge on any atom is 0.251 e. The molecule has 1 heterocycles. The molecule has 5 nitrogen and oxygen atoms in total. The Morgan fingerprint density at radius 3 is 2.77 bits per heavy atom. The molecule has 1 unspecified atom stereocenters. The number of carbonyl (C=O) groups is 1. The summed E-state index contributed by atoms with van der Waals surface area (Å²) in [4.78, 5) is 16.6. The van der Waals surface area contributed by atoms with Gasteiger partial charge >= 0.3 is 0 Å². The second-order valence-electron chi connectivity index (χ2n) is 4.89. The molecular weight excluding hydrogens is 280 g/mol. The molecule has 2 aromatic rings. The zero-order chi connectivity index (χ0) is 15.9. The number of nitrogens with zero attached hydrogens (tertiary/aromatic N) is 1. The van der Waals surface area contributed by atoms with E-state index in [-0.39, 0.29) is 18.6 Å². The van der Waals surface area contributed by atoms with Gasteiger partial charge in [0.15, 0.2) is 0 Å². The molecular formula is C17H20N2O3. The van der Waals surface area contributed by atoms with E-state index in [0.29, 0.717) is 17.7 Å². The maximum atomic E-state index is 12.3. The molecule has 0 fully saturated rings. The Bertz CT molecular complexity index is 625. The monoisotopic (exact) mass is 300 g/mol. The Kier molecular flexibility index (Phi) is 5.49. The highest BCUT2D eigenvalue weighted by molar-refractivity contribution is 5.96. The van der Waals surface area contributed by atoms with Gasteiger partial charge in [0.1, 0.15) is 5.75 Å². The van der Waals surface area contributed by atoms with Crippen LogP contribution in [0.2, 0.25) is 0 Å². The molecule has 0 bridgehead atoms. The molecule has 0 saturated carbocycles. The van der Waals surface area contributed by atoms with Crippen LogP contribution in [0.4, 0.5) is 0 Å². The van der Waals surface area contributed by atoms with Gasteiger partial charge in [-0.05, 0) is 36.8 Å². The molecule has 1 amide bonds. The number of carbonyl (C=O) groups excluding carboxylic acids is 1. The first kappa shape index (κ1) is 16.0. The third kappa shape index (κ3) is 3.62. The van der Waals surface area contributed by atoms with Gasteiger partial charge < -0.3 is 15.2 Å². The van der Waals surface area contributed by atoms with E-state index < -0.39 is 0 Å². The van der Waals surface area contributed by atoms with Crippen LogP contribution in [-0.4, -0.2) is 35.8 Å². The number of amides is 1. The Morgan fingerprint density at radius 2 is 2.18 bits per heavy atom. The van der Waals surface area contributed by atoms with E-state index in [1.165, 1.54) is 0 Å². The number of hydrogen-bond acceptors (Lipinski definition) is 4. The predicted molar refractivity (Wildman–Crippen MR) is 84.9 cm³/mol. The van der Waals surface area contributed by atoms with Crippen LogP contribution in [-0.2, 0) is 0 Å². The minimum Gasteiger partial charge on any atom is -0.496 e. The normalized spacial score (nSPS) is 11.8. The predicted octanol–water partition coefficient (Wildman–Crippen LogP) is 2.26. The van der Waals surface area contributed by atoms with Crippen molar-refractivity contribution in [1.29, 1.82) is 0 Å². The van der Waals surface area contributed by atoms with Gasteiger partial charge in [-0.3, -0.25) is 9.78 Å². The number of nitrogens with one attached hydrogen (secondary N) is 1. The quantitative estimate of drug-likeness (QED) is 0.858.